The number of hydrogen-bond acceptors (Lipinski definition) is 2. The van der Waals surface area contributed by atoms with E-state index < -0.39 is 5.97 Å². The van der Waals surface area contributed by atoms with Gasteiger partial charge in [0.25, 0.3) is 0 Å². The molecule has 1 saturated heterocycles. The van der Waals surface area contributed by atoms with E-state index in [2.05, 4.69) is 59.5 Å². The third kappa shape index (κ3) is 4.10. The molecule has 2 aromatic carbocycles. The molecule has 1 fully saturated rings. The highest BCUT2D eigenvalue weighted by Crippen LogP contribution is 2.33. The topological polar surface area (TPSA) is 40.5 Å². The summed E-state index contributed by atoms with van der Waals surface area (Å²) in [5, 5.41) is 9.37. The van der Waals surface area contributed by atoms with Crippen molar-refractivity contribution in [2.75, 3.05) is 13.1 Å². The number of aliphatic carboxylic acids is 1. The molecule has 2 aliphatic rings. The van der Waals surface area contributed by atoms with Gasteiger partial charge in [-0.05, 0) is 66.5 Å². The van der Waals surface area contributed by atoms with Crippen molar-refractivity contribution in [1.82, 2.24) is 4.90 Å². The van der Waals surface area contributed by atoms with Gasteiger partial charge in [0.2, 0.25) is 0 Å². The maximum atomic E-state index is 11.4. The van der Waals surface area contributed by atoms with Gasteiger partial charge in [-0.15, -0.1) is 12.4 Å². The molecule has 142 valence electrons. The largest absolute Gasteiger partial charge is 0.480 e. The molecule has 2 aromatic rings. The van der Waals surface area contributed by atoms with Crippen molar-refractivity contribution in [1.29, 1.82) is 0 Å². The van der Waals surface area contributed by atoms with Crippen LogP contribution in [0.15, 0.2) is 54.6 Å². The molecule has 4 rings (SSSR count). The number of halogens is 1. The zero-order chi connectivity index (χ0) is 17.9. The summed E-state index contributed by atoms with van der Waals surface area (Å²) < 4.78 is 0. The van der Waals surface area contributed by atoms with Gasteiger partial charge in [0.1, 0.15) is 6.04 Å². The number of rotatable bonds is 4. The van der Waals surface area contributed by atoms with E-state index in [9.17, 15) is 9.90 Å². The van der Waals surface area contributed by atoms with Crippen LogP contribution in [-0.2, 0) is 17.6 Å². The van der Waals surface area contributed by atoms with E-state index in [-0.39, 0.29) is 18.4 Å². The summed E-state index contributed by atoms with van der Waals surface area (Å²) in [6.45, 7) is 1.71. The first kappa shape index (κ1) is 19.7. The molecular formula is C23H26ClNO2. The summed E-state index contributed by atoms with van der Waals surface area (Å²) in [6.07, 6.45) is 7.09. The quantitative estimate of drug-likeness (QED) is 0.840. The first-order valence-electron chi connectivity index (χ1n) is 9.57. The Morgan fingerprint density at radius 2 is 1.63 bits per heavy atom. The van der Waals surface area contributed by atoms with Crippen LogP contribution < -0.4 is 0 Å². The minimum absolute atomic E-state index is 0. The van der Waals surface area contributed by atoms with Crippen molar-refractivity contribution in [3.05, 3.63) is 76.9 Å². The van der Waals surface area contributed by atoms with E-state index in [0.29, 0.717) is 0 Å². The van der Waals surface area contributed by atoms with Crippen molar-refractivity contribution in [3.63, 3.8) is 0 Å². The molecule has 1 heterocycles. The summed E-state index contributed by atoms with van der Waals surface area (Å²) in [7, 11) is 0. The van der Waals surface area contributed by atoms with E-state index in [1.807, 2.05) is 0 Å². The molecule has 3 nitrogen and oxygen atoms in total. The number of benzene rings is 2. The molecule has 1 atom stereocenters. The lowest BCUT2D eigenvalue weighted by molar-refractivity contribution is -0.142. The van der Waals surface area contributed by atoms with Crippen molar-refractivity contribution in [3.8, 4) is 0 Å². The normalized spacial score (nSPS) is 18.8. The fourth-order valence-electron chi connectivity index (χ4n) is 4.38. The molecule has 0 amide bonds. The van der Waals surface area contributed by atoms with Crippen LogP contribution in [0.1, 0.15) is 41.5 Å². The van der Waals surface area contributed by atoms with Crippen LogP contribution in [0.3, 0.4) is 0 Å². The van der Waals surface area contributed by atoms with E-state index in [1.54, 1.807) is 0 Å². The smallest absolute Gasteiger partial charge is 0.320 e. The van der Waals surface area contributed by atoms with Crippen LogP contribution >= 0.6 is 12.4 Å². The average molecular weight is 384 g/mol. The lowest BCUT2D eigenvalue weighted by atomic mass is 9.93. The van der Waals surface area contributed by atoms with Gasteiger partial charge in [-0.2, -0.15) is 0 Å². The summed E-state index contributed by atoms with van der Waals surface area (Å²) >= 11 is 0. The molecule has 4 heteroatoms. The van der Waals surface area contributed by atoms with E-state index in [0.717, 1.165) is 45.2 Å². The fraction of sp³-hybridized carbons (Fsp3) is 0.348. The monoisotopic (exact) mass is 383 g/mol. The second kappa shape index (κ2) is 8.73. The number of aryl methyl sites for hydroxylation is 2. The number of nitrogens with zero attached hydrogens (tertiary/aromatic N) is 1. The Morgan fingerprint density at radius 3 is 2.22 bits per heavy atom. The zero-order valence-electron chi connectivity index (χ0n) is 15.4. The fourth-order valence-corrected chi connectivity index (χ4v) is 4.38. The number of carboxylic acids is 1. The zero-order valence-corrected chi connectivity index (χ0v) is 16.3. The molecular weight excluding hydrogens is 358 g/mol. The van der Waals surface area contributed by atoms with Gasteiger partial charge in [-0.1, -0.05) is 54.6 Å². The molecule has 1 N–H and O–H groups in total. The third-order valence-electron chi connectivity index (χ3n) is 5.69. The predicted octanol–water partition coefficient (Wildman–Crippen LogP) is 4.58. The Morgan fingerprint density at radius 1 is 1.04 bits per heavy atom. The van der Waals surface area contributed by atoms with Gasteiger partial charge in [0.15, 0.2) is 0 Å². The van der Waals surface area contributed by atoms with Gasteiger partial charge >= 0.3 is 5.97 Å². The highest BCUT2D eigenvalue weighted by atomic mass is 35.5. The van der Waals surface area contributed by atoms with Crippen LogP contribution in [-0.4, -0.2) is 35.1 Å². The first-order chi connectivity index (χ1) is 12.7. The molecule has 1 aliphatic carbocycles. The molecule has 0 unspecified atom stereocenters. The van der Waals surface area contributed by atoms with Crippen LogP contribution in [0.25, 0.3) is 5.57 Å². The van der Waals surface area contributed by atoms with Crippen LogP contribution in [0.5, 0.6) is 0 Å². The summed E-state index contributed by atoms with van der Waals surface area (Å²) in [6, 6.07) is 17.1. The van der Waals surface area contributed by atoms with E-state index in [1.165, 1.54) is 27.8 Å². The summed E-state index contributed by atoms with van der Waals surface area (Å²) in [5.74, 6) is -0.680. The standard InChI is InChI=1S/C23H25NO2.ClH/c25-23(26)22-12-6-16-24(22)15-5-11-21-19-9-3-1-7-17(19)13-14-18-8-2-4-10-20(18)21;/h1-4,7-11,22H,5-6,12-16H2,(H,25,26);1H/t22-;/m1./s1. The maximum absolute atomic E-state index is 11.4. The van der Waals surface area contributed by atoms with Crippen LogP contribution in [0.2, 0.25) is 0 Å². The minimum Gasteiger partial charge on any atom is -0.480 e. The summed E-state index contributed by atoms with van der Waals surface area (Å²) in [4.78, 5) is 13.5. The van der Waals surface area contributed by atoms with Crippen molar-refractivity contribution < 1.29 is 9.90 Å². The molecule has 0 aromatic heterocycles. The second-order valence-electron chi connectivity index (χ2n) is 7.25. The average Bonchev–Trinajstić information content (AvgIpc) is 3.07. The van der Waals surface area contributed by atoms with Crippen molar-refractivity contribution >= 4 is 23.9 Å². The highest BCUT2D eigenvalue weighted by molar-refractivity contribution is 5.85. The van der Waals surface area contributed by atoms with Crippen LogP contribution in [0.4, 0.5) is 0 Å². The first-order valence-corrected chi connectivity index (χ1v) is 9.57. The SMILES string of the molecule is Cl.O=C(O)[C@H]1CCCN1CCC=C1c2ccccc2CCc2ccccc21. The van der Waals surface area contributed by atoms with Gasteiger partial charge in [-0.25, -0.2) is 0 Å². The molecule has 0 bridgehead atoms. The number of hydrogen-bond donors (Lipinski definition) is 1. The Bertz CT molecular complexity index is 796. The van der Waals surface area contributed by atoms with E-state index >= 15 is 0 Å². The van der Waals surface area contributed by atoms with Crippen LogP contribution in [0, 0.1) is 0 Å². The molecule has 1 aliphatic heterocycles. The van der Waals surface area contributed by atoms with Gasteiger partial charge in [-0.3, -0.25) is 9.69 Å². The second-order valence-corrected chi connectivity index (χ2v) is 7.25. The summed E-state index contributed by atoms with van der Waals surface area (Å²) in [5.41, 5.74) is 6.76. The number of carboxylic acid groups (broad SMARTS) is 1. The number of fused-ring (bicyclic) bond motifs is 2. The van der Waals surface area contributed by atoms with Gasteiger partial charge in [0, 0.05) is 6.54 Å². The molecule has 0 radical (unpaired) electrons. The third-order valence-corrected chi connectivity index (χ3v) is 5.69. The van der Waals surface area contributed by atoms with Crippen molar-refractivity contribution in [2.24, 2.45) is 0 Å². The lowest BCUT2D eigenvalue weighted by Gasteiger charge is -2.20. The Hall–Kier alpha value is -2.10. The minimum atomic E-state index is -0.680. The molecule has 27 heavy (non-hydrogen) atoms. The highest BCUT2D eigenvalue weighted by Gasteiger charge is 2.29. The Labute approximate surface area is 167 Å². The molecule has 0 spiro atoms. The van der Waals surface area contributed by atoms with Crippen molar-refractivity contribution in [2.45, 2.75) is 38.1 Å². The Kier molecular flexibility index (Phi) is 6.35. The number of carbonyl (C=O) groups is 1. The number of likely N-dealkylation sites (tertiary alicyclic amines) is 1. The van der Waals surface area contributed by atoms with Gasteiger partial charge in [0.05, 0.1) is 0 Å². The lowest BCUT2D eigenvalue weighted by Crippen LogP contribution is -2.36. The van der Waals surface area contributed by atoms with Gasteiger partial charge < -0.3 is 5.11 Å². The molecule has 0 saturated carbocycles. The predicted molar refractivity (Wildman–Crippen MR) is 111 cm³/mol. The Balaban J connectivity index is 0.00000210. The van der Waals surface area contributed by atoms with E-state index in [4.69, 9.17) is 0 Å². The maximum Gasteiger partial charge on any atom is 0.320 e.